The number of hydrogen-bond donors (Lipinski definition) is 2. The van der Waals surface area contributed by atoms with Crippen LogP contribution in [0.4, 0.5) is 0 Å². The lowest BCUT2D eigenvalue weighted by atomic mass is 9.62. The van der Waals surface area contributed by atoms with E-state index in [9.17, 15) is 10.2 Å². The van der Waals surface area contributed by atoms with Crippen molar-refractivity contribution in [2.75, 3.05) is 13.2 Å². The van der Waals surface area contributed by atoms with E-state index in [-0.39, 0.29) is 10.8 Å². The van der Waals surface area contributed by atoms with E-state index in [2.05, 4.69) is 24.3 Å². The van der Waals surface area contributed by atoms with Crippen molar-refractivity contribution in [3.05, 3.63) is 24.3 Å². The maximum absolute atomic E-state index is 10.9. The number of hydrogen-bond acceptors (Lipinski definition) is 2. The van der Waals surface area contributed by atoms with Crippen LogP contribution in [-0.2, 0) is 0 Å². The Bertz CT molecular complexity index is 707. The lowest BCUT2D eigenvalue weighted by Crippen LogP contribution is -2.40. The highest BCUT2D eigenvalue weighted by atomic mass is 16.3. The number of fused-ring (bicyclic) bond motifs is 6. The molecule has 2 N–H and O–H groups in total. The zero-order chi connectivity index (χ0) is 23.2. The monoisotopic (exact) mass is 466 g/mol. The Kier molecular flexibility index (Phi) is 6.78. The van der Waals surface area contributed by atoms with Gasteiger partial charge >= 0.3 is 0 Å². The third-order valence-electron chi connectivity index (χ3n) is 12.8. The molecule has 10 unspecified atom stereocenters. The summed E-state index contributed by atoms with van der Waals surface area (Å²) in [6, 6.07) is 0. The fourth-order valence-corrected chi connectivity index (χ4v) is 11.5. The van der Waals surface area contributed by atoms with Crippen molar-refractivity contribution in [3.8, 4) is 0 Å². The van der Waals surface area contributed by atoms with Gasteiger partial charge in [-0.15, -0.1) is 0 Å². The van der Waals surface area contributed by atoms with Gasteiger partial charge in [-0.1, -0.05) is 62.8 Å². The smallest absolute Gasteiger partial charge is 0.0493 e. The standard InChI is InChI=1S/C32H50O2/c33-21-31(27-15-5-1-11-23(27)24-12-2-6-16-28(24)31)19-9-10-20-32(22-34)29-17-7-3-13-25(29)26-14-4-8-18-30(26)32/h1,3,5,7,23-30,33-34H,2,4,6,8-22H2. The van der Waals surface area contributed by atoms with Gasteiger partial charge in [0.15, 0.2) is 0 Å². The summed E-state index contributed by atoms with van der Waals surface area (Å²) in [5.41, 5.74) is 0.345. The maximum Gasteiger partial charge on any atom is 0.0493 e. The number of allylic oxidation sites excluding steroid dienone is 4. The number of aliphatic hydroxyl groups is 2. The highest BCUT2D eigenvalue weighted by Gasteiger charge is 2.60. The number of aliphatic hydroxyl groups excluding tert-OH is 2. The molecular weight excluding hydrogens is 416 g/mol. The fourth-order valence-electron chi connectivity index (χ4n) is 11.5. The van der Waals surface area contributed by atoms with Crippen molar-refractivity contribution in [2.24, 2.45) is 58.2 Å². The average Bonchev–Trinajstić information content (AvgIpc) is 3.35. The molecule has 4 fully saturated rings. The van der Waals surface area contributed by atoms with Crippen LogP contribution in [0.25, 0.3) is 0 Å². The molecule has 2 nitrogen and oxygen atoms in total. The van der Waals surface area contributed by atoms with Gasteiger partial charge in [-0.2, -0.15) is 0 Å². The van der Waals surface area contributed by atoms with Crippen LogP contribution in [0.15, 0.2) is 24.3 Å². The van der Waals surface area contributed by atoms with Gasteiger partial charge in [0.1, 0.15) is 0 Å². The molecule has 6 rings (SSSR count). The lowest BCUT2D eigenvalue weighted by molar-refractivity contribution is -0.00286. The second kappa shape index (κ2) is 9.70. The molecule has 2 heteroatoms. The quantitative estimate of drug-likeness (QED) is 0.305. The van der Waals surface area contributed by atoms with Crippen LogP contribution >= 0.6 is 0 Å². The minimum Gasteiger partial charge on any atom is -0.396 e. The summed E-state index contributed by atoms with van der Waals surface area (Å²) in [5, 5.41) is 21.9. The molecule has 0 radical (unpaired) electrons. The van der Waals surface area contributed by atoms with Gasteiger partial charge < -0.3 is 10.2 Å². The maximum atomic E-state index is 10.9. The minimum absolute atomic E-state index is 0.173. The van der Waals surface area contributed by atoms with Gasteiger partial charge in [-0.05, 0) is 122 Å². The molecule has 190 valence electrons. The largest absolute Gasteiger partial charge is 0.396 e. The zero-order valence-corrected chi connectivity index (χ0v) is 21.6. The summed E-state index contributed by atoms with van der Waals surface area (Å²) in [6.45, 7) is 0.822. The molecule has 0 spiro atoms. The van der Waals surface area contributed by atoms with Gasteiger partial charge in [-0.25, -0.2) is 0 Å². The van der Waals surface area contributed by atoms with E-state index in [0.717, 1.165) is 35.5 Å². The van der Waals surface area contributed by atoms with Gasteiger partial charge in [0.25, 0.3) is 0 Å². The average molecular weight is 467 g/mol. The fraction of sp³-hybridized carbons (Fsp3) is 0.875. The predicted octanol–water partition coefficient (Wildman–Crippen LogP) is 7.31. The van der Waals surface area contributed by atoms with E-state index in [1.165, 1.54) is 103 Å². The molecule has 0 aliphatic heterocycles. The molecule has 4 saturated carbocycles. The Morgan fingerprint density at radius 2 is 0.912 bits per heavy atom. The summed E-state index contributed by atoms with van der Waals surface area (Å²) < 4.78 is 0. The summed E-state index contributed by atoms with van der Waals surface area (Å²) in [5.74, 6) is 6.34. The van der Waals surface area contributed by atoms with E-state index in [4.69, 9.17) is 0 Å². The Morgan fingerprint density at radius 1 is 0.500 bits per heavy atom. The van der Waals surface area contributed by atoms with Crippen LogP contribution in [0.5, 0.6) is 0 Å². The molecule has 6 aliphatic carbocycles. The first-order valence-corrected chi connectivity index (χ1v) is 15.3. The van der Waals surface area contributed by atoms with Crippen LogP contribution in [0.1, 0.15) is 103 Å². The Balaban J connectivity index is 1.17. The first-order chi connectivity index (χ1) is 16.7. The normalized spacial score (nSPS) is 49.4. The highest BCUT2D eigenvalue weighted by Crippen LogP contribution is 2.66. The molecule has 0 aromatic carbocycles. The van der Waals surface area contributed by atoms with Crippen LogP contribution < -0.4 is 0 Å². The van der Waals surface area contributed by atoms with Gasteiger partial charge in [0.05, 0.1) is 0 Å². The van der Waals surface area contributed by atoms with Crippen molar-refractivity contribution in [2.45, 2.75) is 103 Å². The summed E-state index contributed by atoms with van der Waals surface area (Å²) in [7, 11) is 0. The molecule has 0 saturated heterocycles. The zero-order valence-electron chi connectivity index (χ0n) is 21.6. The lowest BCUT2D eigenvalue weighted by Gasteiger charge is -2.44. The van der Waals surface area contributed by atoms with Crippen molar-refractivity contribution in [1.82, 2.24) is 0 Å². The van der Waals surface area contributed by atoms with E-state index in [1.54, 1.807) is 0 Å². The highest BCUT2D eigenvalue weighted by molar-refractivity contribution is 5.14. The van der Waals surface area contributed by atoms with E-state index >= 15 is 0 Å². The summed E-state index contributed by atoms with van der Waals surface area (Å²) >= 11 is 0. The second-order valence-corrected chi connectivity index (χ2v) is 13.5. The summed E-state index contributed by atoms with van der Waals surface area (Å²) in [6.07, 6.45) is 30.8. The van der Waals surface area contributed by atoms with E-state index in [0.29, 0.717) is 25.0 Å². The Labute approximate surface area is 208 Å². The van der Waals surface area contributed by atoms with Crippen LogP contribution in [0.3, 0.4) is 0 Å². The van der Waals surface area contributed by atoms with E-state index < -0.39 is 0 Å². The molecule has 0 heterocycles. The van der Waals surface area contributed by atoms with Crippen LogP contribution in [-0.4, -0.2) is 23.4 Å². The van der Waals surface area contributed by atoms with Crippen LogP contribution in [0, 0.1) is 58.2 Å². The third-order valence-corrected chi connectivity index (χ3v) is 12.8. The predicted molar refractivity (Wildman–Crippen MR) is 139 cm³/mol. The molecule has 0 aromatic rings. The van der Waals surface area contributed by atoms with Crippen molar-refractivity contribution in [1.29, 1.82) is 0 Å². The minimum atomic E-state index is 0.173. The first kappa shape index (κ1) is 23.8. The van der Waals surface area contributed by atoms with Crippen LogP contribution in [0.2, 0.25) is 0 Å². The molecule has 34 heavy (non-hydrogen) atoms. The topological polar surface area (TPSA) is 40.5 Å². The third kappa shape index (κ3) is 3.55. The molecular formula is C32H50O2. The molecule has 0 amide bonds. The Morgan fingerprint density at radius 3 is 1.35 bits per heavy atom. The van der Waals surface area contributed by atoms with Crippen molar-refractivity contribution in [3.63, 3.8) is 0 Å². The summed E-state index contributed by atoms with van der Waals surface area (Å²) in [4.78, 5) is 0. The first-order valence-electron chi connectivity index (χ1n) is 15.3. The van der Waals surface area contributed by atoms with Crippen molar-refractivity contribution >= 4 is 0 Å². The molecule has 6 aliphatic rings. The van der Waals surface area contributed by atoms with Crippen molar-refractivity contribution < 1.29 is 10.2 Å². The SMILES string of the molecule is OCC1(CCCCC2(CO)C3CC=CCC3C3CCCCC32)C2CC=CCC2C2CCCCC21. The number of unbranched alkanes of at least 4 members (excludes halogenated alkanes) is 1. The molecule has 0 bridgehead atoms. The Hall–Kier alpha value is -0.600. The van der Waals surface area contributed by atoms with Gasteiger partial charge in [0, 0.05) is 13.2 Å². The second-order valence-electron chi connectivity index (χ2n) is 13.5. The van der Waals surface area contributed by atoms with E-state index in [1.807, 2.05) is 0 Å². The molecule has 10 atom stereocenters. The van der Waals surface area contributed by atoms with Gasteiger partial charge in [0.2, 0.25) is 0 Å². The molecule has 0 aromatic heterocycles. The number of rotatable bonds is 7. The van der Waals surface area contributed by atoms with Gasteiger partial charge in [-0.3, -0.25) is 0 Å².